The number of carbonyl (C=O) groups excluding carboxylic acids is 1. The maximum atomic E-state index is 12.3. The molecule has 0 spiro atoms. The standard InChI is InChI=1S/C20H22N4O3/c1-20(2,3)27-19(25)24-9-7-15-17(11-24)22-12-23-18(15)26-14-4-5-16-13(10-14)6-8-21-16/h4-6,8,10,12,21H,7,9,11H2,1-3H3. The van der Waals surface area contributed by atoms with Crippen LogP contribution in [0.25, 0.3) is 10.9 Å². The number of nitrogens with one attached hydrogen (secondary N) is 1. The van der Waals surface area contributed by atoms with Crippen LogP contribution >= 0.6 is 0 Å². The lowest BCUT2D eigenvalue weighted by Gasteiger charge is -2.30. The van der Waals surface area contributed by atoms with E-state index in [0.717, 1.165) is 27.9 Å². The molecule has 1 amide bonds. The van der Waals surface area contributed by atoms with Crippen molar-refractivity contribution in [2.24, 2.45) is 0 Å². The average molecular weight is 366 g/mol. The van der Waals surface area contributed by atoms with Gasteiger partial charge in [0, 0.05) is 29.2 Å². The van der Waals surface area contributed by atoms with Gasteiger partial charge in [-0.05, 0) is 51.5 Å². The molecular weight excluding hydrogens is 344 g/mol. The van der Waals surface area contributed by atoms with E-state index >= 15 is 0 Å². The minimum absolute atomic E-state index is 0.327. The first-order valence-corrected chi connectivity index (χ1v) is 8.95. The molecule has 1 aromatic carbocycles. The number of ether oxygens (including phenoxy) is 2. The third-order valence-corrected chi connectivity index (χ3v) is 4.36. The molecule has 3 heterocycles. The lowest BCUT2D eigenvalue weighted by atomic mass is 10.1. The van der Waals surface area contributed by atoms with Crippen molar-refractivity contribution < 1.29 is 14.3 Å². The van der Waals surface area contributed by atoms with Crippen molar-refractivity contribution in [1.82, 2.24) is 19.9 Å². The van der Waals surface area contributed by atoms with E-state index in [1.165, 1.54) is 6.33 Å². The van der Waals surface area contributed by atoms with E-state index in [1.807, 2.05) is 51.2 Å². The van der Waals surface area contributed by atoms with Crippen LogP contribution in [0.3, 0.4) is 0 Å². The SMILES string of the molecule is CC(C)(C)OC(=O)N1CCc2c(ncnc2Oc2ccc3[nH]ccc3c2)C1. The van der Waals surface area contributed by atoms with E-state index in [0.29, 0.717) is 25.4 Å². The van der Waals surface area contributed by atoms with Crippen LogP contribution in [0.15, 0.2) is 36.8 Å². The van der Waals surface area contributed by atoms with Gasteiger partial charge in [0.15, 0.2) is 0 Å². The topological polar surface area (TPSA) is 80.3 Å². The van der Waals surface area contributed by atoms with Gasteiger partial charge < -0.3 is 19.4 Å². The predicted molar refractivity (Wildman–Crippen MR) is 101 cm³/mol. The molecule has 0 atom stereocenters. The number of rotatable bonds is 2. The van der Waals surface area contributed by atoms with Crippen LogP contribution in [0.1, 0.15) is 32.0 Å². The number of aromatic amines is 1. The lowest BCUT2D eigenvalue weighted by molar-refractivity contribution is 0.0219. The summed E-state index contributed by atoms with van der Waals surface area (Å²) in [5.41, 5.74) is 2.26. The molecule has 1 aliphatic heterocycles. The molecule has 1 aliphatic rings. The maximum Gasteiger partial charge on any atom is 0.410 e. The zero-order valence-electron chi connectivity index (χ0n) is 15.7. The molecule has 4 rings (SSSR count). The highest BCUT2D eigenvalue weighted by Crippen LogP contribution is 2.30. The van der Waals surface area contributed by atoms with Gasteiger partial charge in [-0.2, -0.15) is 0 Å². The van der Waals surface area contributed by atoms with Crippen LogP contribution in [0.2, 0.25) is 0 Å². The summed E-state index contributed by atoms with van der Waals surface area (Å²) < 4.78 is 11.5. The first-order valence-electron chi connectivity index (χ1n) is 8.95. The van der Waals surface area contributed by atoms with Crippen LogP contribution in [0, 0.1) is 0 Å². The Morgan fingerprint density at radius 2 is 2.07 bits per heavy atom. The van der Waals surface area contributed by atoms with Gasteiger partial charge in [-0.1, -0.05) is 0 Å². The Hall–Kier alpha value is -3.09. The average Bonchev–Trinajstić information content (AvgIpc) is 3.08. The number of hydrogen-bond donors (Lipinski definition) is 1. The smallest absolute Gasteiger partial charge is 0.410 e. The molecule has 27 heavy (non-hydrogen) atoms. The fourth-order valence-corrected chi connectivity index (χ4v) is 3.10. The highest BCUT2D eigenvalue weighted by atomic mass is 16.6. The fraction of sp³-hybridized carbons (Fsp3) is 0.350. The molecule has 0 bridgehead atoms. The second-order valence-electron chi connectivity index (χ2n) is 7.58. The molecule has 3 aromatic rings. The Balaban J connectivity index is 1.54. The van der Waals surface area contributed by atoms with Crippen LogP contribution in [0.5, 0.6) is 11.6 Å². The molecule has 0 saturated heterocycles. The summed E-state index contributed by atoms with van der Waals surface area (Å²) in [7, 11) is 0. The number of H-pyrrole nitrogens is 1. The monoisotopic (exact) mass is 366 g/mol. The van der Waals surface area contributed by atoms with Crippen LogP contribution in [-0.4, -0.2) is 38.1 Å². The first-order chi connectivity index (χ1) is 12.9. The Kier molecular flexibility index (Phi) is 4.22. The number of amides is 1. The van der Waals surface area contributed by atoms with E-state index in [1.54, 1.807) is 4.90 Å². The van der Waals surface area contributed by atoms with Crippen LogP contribution in [-0.2, 0) is 17.7 Å². The number of carbonyl (C=O) groups is 1. The number of nitrogens with zero attached hydrogens (tertiary/aromatic N) is 3. The predicted octanol–water partition coefficient (Wildman–Crippen LogP) is 4.04. The fourth-order valence-electron chi connectivity index (χ4n) is 3.10. The summed E-state index contributed by atoms with van der Waals surface area (Å²) in [5.74, 6) is 1.26. The van der Waals surface area contributed by atoms with Crippen molar-refractivity contribution in [3.8, 4) is 11.6 Å². The summed E-state index contributed by atoms with van der Waals surface area (Å²) in [5, 5.41) is 1.08. The Morgan fingerprint density at radius 3 is 2.89 bits per heavy atom. The second-order valence-corrected chi connectivity index (χ2v) is 7.58. The molecule has 1 N–H and O–H groups in total. The van der Waals surface area contributed by atoms with Gasteiger partial charge in [-0.15, -0.1) is 0 Å². The number of fused-ring (bicyclic) bond motifs is 2. The van der Waals surface area contributed by atoms with Gasteiger partial charge in [-0.25, -0.2) is 14.8 Å². The largest absolute Gasteiger partial charge is 0.444 e. The van der Waals surface area contributed by atoms with Crippen molar-refractivity contribution in [3.05, 3.63) is 48.0 Å². The summed E-state index contributed by atoms with van der Waals surface area (Å²) >= 11 is 0. The summed E-state index contributed by atoms with van der Waals surface area (Å²) in [6, 6.07) is 7.85. The van der Waals surface area contributed by atoms with E-state index in [2.05, 4.69) is 15.0 Å². The molecule has 0 fully saturated rings. The third kappa shape index (κ3) is 3.72. The molecule has 0 radical (unpaired) electrons. The van der Waals surface area contributed by atoms with Gasteiger partial charge in [-0.3, -0.25) is 0 Å². The van der Waals surface area contributed by atoms with Crippen molar-refractivity contribution in [2.75, 3.05) is 6.54 Å². The van der Waals surface area contributed by atoms with Crippen molar-refractivity contribution in [2.45, 2.75) is 39.3 Å². The van der Waals surface area contributed by atoms with Crippen LogP contribution in [0.4, 0.5) is 4.79 Å². The highest BCUT2D eigenvalue weighted by Gasteiger charge is 2.28. The van der Waals surface area contributed by atoms with Gasteiger partial charge in [0.1, 0.15) is 17.7 Å². The van der Waals surface area contributed by atoms with E-state index in [4.69, 9.17) is 9.47 Å². The van der Waals surface area contributed by atoms with E-state index in [-0.39, 0.29) is 6.09 Å². The lowest BCUT2D eigenvalue weighted by Crippen LogP contribution is -2.40. The molecule has 7 heteroatoms. The Bertz CT molecular complexity index is 990. The zero-order chi connectivity index (χ0) is 19.0. The quantitative estimate of drug-likeness (QED) is 0.740. The summed E-state index contributed by atoms with van der Waals surface area (Å²) in [6.07, 6.45) is 3.66. The minimum Gasteiger partial charge on any atom is -0.444 e. The van der Waals surface area contributed by atoms with Gasteiger partial charge in [0.25, 0.3) is 0 Å². The van der Waals surface area contributed by atoms with Crippen LogP contribution < -0.4 is 4.74 Å². The zero-order valence-corrected chi connectivity index (χ0v) is 15.7. The first kappa shape index (κ1) is 17.3. The molecule has 7 nitrogen and oxygen atoms in total. The second kappa shape index (κ2) is 6.57. The van der Waals surface area contributed by atoms with Crippen molar-refractivity contribution >= 4 is 17.0 Å². The molecule has 0 aliphatic carbocycles. The Labute approximate surface area is 157 Å². The molecular formula is C20H22N4O3. The molecule has 0 unspecified atom stereocenters. The van der Waals surface area contributed by atoms with Gasteiger partial charge in [0.05, 0.1) is 12.2 Å². The Morgan fingerprint density at radius 1 is 1.22 bits per heavy atom. The normalized spacial score (nSPS) is 14.1. The number of benzene rings is 1. The molecule has 140 valence electrons. The number of aromatic nitrogens is 3. The van der Waals surface area contributed by atoms with Crippen molar-refractivity contribution in [3.63, 3.8) is 0 Å². The third-order valence-electron chi connectivity index (χ3n) is 4.36. The van der Waals surface area contributed by atoms with Gasteiger partial charge in [0.2, 0.25) is 5.88 Å². The maximum absolute atomic E-state index is 12.3. The van der Waals surface area contributed by atoms with Crippen molar-refractivity contribution in [1.29, 1.82) is 0 Å². The molecule has 0 saturated carbocycles. The van der Waals surface area contributed by atoms with E-state index < -0.39 is 5.60 Å². The highest BCUT2D eigenvalue weighted by molar-refractivity contribution is 5.80. The van der Waals surface area contributed by atoms with E-state index in [9.17, 15) is 4.79 Å². The summed E-state index contributed by atoms with van der Waals surface area (Å²) in [4.78, 5) is 25.8. The van der Waals surface area contributed by atoms with Gasteiger partial charge >= 0.3 is 6.09 Å². The summed E-state index contributed by atoms with van der Waals surface area (Å²) in [6.45, 7) is 6.51. The minimum atomic E-state index is -0.520. The molecule has 2 aromatic heterocycles. The number of hydrogen-bond acceptors (Lipinski definition) is 5.